The fourth-order valence-corrected chi connectivity index (χ4v) is 4.42. The second-order valence-corrected chi connectivity index (χ2v) is 7.50. The van der Waals surface area contributed by atoms with Crippen LogP contribution in [0.3, 0.4) is 0 Å². The quantitative estimate of drug-likeness (QED) is 0.849. The Morgan fingerprint density at radius 1 is 0.875 bits per heavy atom. The predicted molar refractivity (Wildman–Crippen MR) is 68.2 cm³/mol. The highest BCUT2D eigenvalue weighted by Crippen LogP contribution is 2.56. The minimum Gasteiger partial charge on any atom is -0.333 e. The van der Waals surface area contributed by atoms with E-state index in [9.17, 15) is 9.46 Å². The van der Waals surface area contributed by atoms with Gasteiger partial charge in [0, 0.05) is 10.2 Å². The van der Waals surface area contributed by atoms with E-state index in [1.54, 1.807) is 24.3 Å². The third kappa shape index (κ3) is 2.76. The van der Waals surface area contributed by atoms with Gasteiger partial charge in [-0.3, -0.25) is 4.57 Å². The minimum atomic E-state index is -3.35. The third-order valence-electron chi connectivity index (χ3n) is 2.05. The van der Waals surface area contributed by atoms with E-state index >= 15 is 0 Å². The molecule has 1 N–H and O–H groups in total. The number of hydrogen-bond acceptors (Lipinski definition) is 2. The van der Waals surface area contributed by atoms with Gasteiger partial charge in [-0.15, -0.1) is 0 Å². The van der Waals surface area contributed by atoms with E-state index < -0.39 is 6.57 Å². The molecule has 4 heteroatoms. The molecule has 2 nitrogen and oxygen atoms in total. The van der Waals surface area contributed by atoms with Gasteiger partial charge in [0.15, 0.2) is 0 Å². The zero-order valence-electron chi connectivity index (χ0n) is 8.48. The minimum absolute atomic E-state index is 0.476. The molecule has 0 spiro atoms. The maximum Gasteiger partial charge on any atom is 0.289 e. The van der Waals surface area contributed by atoms with Crippen molar-refractivity contribution >= 4 is 23.3 Å². The number of rotatable bonds is 3. The topological polar surface area (TPSA) is 37.3 Å². The van der Waals surface area contributed by atoms with Crippen LogP contribution < -0.4 is 5.30 Å². The van der Waals surface area contributed by atoms with E-state index in [-0.39, 0.29) is 0 Å². The van der Waals surface area contributed by atoms with Crippen molar-refractivity contribution in [1.29, 1.82) is 0 Å². The van der Waals surface area contributed by atoms with E-state index in [0.29, 0.717) is 5.30 Å². The number of benzene rings is 2. The lowest BCUT2D eigenvalue weighted by Crippen LogP contribution is -1.99. The molecular weight excluding hydrogens is 239 g/mol. The van der Waals surface area contributed by atoms with Gasteiger partial charge in [0.2, 0.25) is 0 Å². The van der Waals surface area contributed by atoms with Gasteiger partial charge in [0.05, 0.1) is 0 Å². The molecule has 0 aliphatic carbocycles. The SMILES string of the molecule is O=P(O)(Sc1ccccc1)c1ccccc1. The molecule has 0 radical (unpaired) electrons. The Balaban J connectivity index is 2.25. The Hall–Kier alpha value is -1.02. The summed E-state index contributed by atoms with van der Waals surface area (Å²) < 4.78 is 12.1. The second kappa shape index (κ2) is 4.88. The zero-order chi connectivity index (χ0) is 11.4. The summed E-state index contributed by atoms with van der Waals surface area (Å²) in [5, 5.41) is 0.476. The Morgan fingerprint density at radius 3 is 1.94 bits per heavy atom. The van der Waals surface area contributed by atoms with Crippen LogP contribution in [0, 0.1) is 0 Å². The Kier molecular flexibility index (Phi) is 3.49. The van der Waals surface area contributed by atoms with Crippen molar-refractivity contribution in [3.05, 3.63) is 60.7 Å². The third-order valence-corrected chi connectivity index (χ3v) is 5.74. The lowest BCUT2D eigenvalue weighted by Gasteiger charge is -2.10. The maximum absolute atomic E-state index is 12.1. The zero-order valence-corrected chi connectivity index (χ0v) is 10.2. The molecule has 0 bridgehead atoms. The molecule has 0 amide bonds. The van der Waals surface area contributed by atoms with Crippen LogP contribution >= 0.6 is 18.0 Å². The standard InChI is InChI=1S/C12H11O2PS/c13-15(14,11-7-3-1-4-8-11)16-12-9-5-2-6-10-12/h1-10H,(H,13,14). The smallest absolute Gasteiger partial charge is 0.289 e. The first-order chi connectivity index (χ1) is 7.68. The van der Waals surface area contributed by atoms with Crippen LogP contribution in [0.1, 0.15) is 0 Å². The van der Waals surface area contributed by atoms with Crippen LogP contribution in [-0.2, 0) is 4.57 Å². The largest absolute Gasteiger partial charge is 0.333 e. The van der Waals surface area contributed by atoms with Gasteiger partial charge in [0.25, 0.3) is 6.57 Å². The predicted octanol–water partition coefficient (Wildman–Crippen LogP) is 3.29. The molecule has 0 aliphatic rings. The van der Waals surface area contributed by atoms with Gasteiger partial charge >= 0.3 is 0 Å². The van der Waals surface area contributed by atoms with Crippen LogP contribution in [-0.4, -0.2) is 4.89 Å². The lowest BCUT2D eigenvalue weighted by atomic mass is 10.4. The first kappa shape index (κ1) is 11.5. The Labute approximate surface area is 98.5 Å². The molecule has 2 aromatic rings. The van der Waals surface area contributed by atoms with Crippen molar-refractivity contribution in [2.24, 2.45) is 0 Å². The fraction of sp³-hybridized carbons (Fsp3) is 0. The number of hydrogen-bond donors (Lipinski definition) is 1. The van der Waals surface area contributed by atoms with Crippen molar-refractivity contribution in [1.82, 2.24) is 0 Å². The molecule has 16 heavy (non-hydrogen) atoms. The van der Waals surface area contributed by atoms with Crippen LogP contribution in [0.2, 0.25) is 0 Å². The van der Waals surface area contributed by atoms with Gasteiger partial charge < -0.3 is 4.89 Å². The first-order valence-electron chi connectivity index (χ1n) is 4.81. The van der Waals surface area contributed by atoms with Crippen LogP contribution in [0.5, 0.6) is 0 Å². The molecule has 0 heterocycles. The molecule has 82 valence electrons. The van der Waals surface area contributed by atoms with Gasteiger partial charge in [-0.05, 0) is 35.6 Å². The average Bonchev–Trinajstić information content (AvgIpc) is 2.31. The molecule has 1 atom stereocenters. The summed E-state index contributed by atoms with van der Waals surface area (Å²) in [6.45, 7) is -3.35. The highest BCUT2D eigenvalue weighted by atomic mass is 32.7. The monoisotopic (exact) mass is 250 g/mol. The Bertz CT molecular complexity index is 499. The van der Waals surface area contributed by atoms with E-state index in [0.717, 1.165) is 16.3 Å². The molecular formula is C12H11O2PS. The maximum atomic E-state index is 12.1. The molecule has 0 saturated heterocycles. The molecule has 0 aromatic heterocycles. The summed E-state index contributed by atoms with van der Waals surface area (Å²) in [5.41, 5.74) is 0. The summed E-state index contributed by atoms with van der Waals surface area (Å²) >= 11 is 1.01. The van der Waals surface area contributed by atoms with Crippen LogP contribution in [0.15, 0.2) is 65.6 Å². The molecule has 1 unspecified atom stereocenters. The lowest BCUT2D eigenvalue weighted by molar-refractivity contribution is 0.508. The summed E-state index contributed by atoms with van der Waals surface area (Å²) in [7, 11) is 0. The van der Waals surface area contributed by atoms with Crippen molar-refractivity contribution < 1.29 is 9.46 Å². The summed E-state index contributed by atoms with van der Waals surface area (Å²) in [6, 6.07) is 18.0. The van der Waals surface area contributed by atoms with Gasteiger partial charge in [-0.25, -0.2) is 0 Å². The summed E-state index contributed by atoms with van der Waals surface area (Å²) in [6.07, 6.45) is 0. The first-order valence-corrected chi connectivity index (χ1v) is 7.90. The van der Waals surface area contributed by atoms with Crippen LogP contribution in [0.25, 0.3) is 0 Å². The molecule has 0 fully saturated rings. The van der Waals surface area contributed by atoms with E-state index in [1.165, 1.54) is 0 Å². The summed E-state index contributed by atoms with van der Waals surface area (Å²) in [4.78, 5) is 10.8. The van der Waals surface area contributed by atoms with Crippen LogP contribution in [0.4, 0.5) is 0 Å². The molecule has 2 aromatic carbocycles. The van der Waals surface area contributed by atoms with E-state index in [2.05, 4.69) is 0 Å². The highest BCUT2D eigenvalue weighted by molar-refractivity contribution is 8.58. The normalized spacial score (nSPS) is 14.3. The highest BCUT2D eigenvalue weighted by Gasteiger charge is 2.22. The summed E-state index contributed by atoms with van der Waals surface area (Å²) in [5.74, 6) is 0. The fourth-order valence-electron chi connectivity index (χ4n) is 1.29. The average molecular weight is 250 g/mol. The van der Waals surface area contributed by atoms with E-state index in [4.69, 9.17) is 0 Å². The van der Waals surface area contributed by atoms with Gasteiger partial charge in [0.1, 0.15) is 0 Å². The van der Waals surface area contributed by atoms with Crippen molar-refractivity contribution in [3.8, 4) is 0 Å². The Morgan fingerprint density at radius 2 is 1.38 bits per heavy atom. The molecule has 2 rings (SSSR count). The van der Waals surface area contributed by atoms with Crippen molar-refractivity contribution in [2.75, 3.05) is 0 Å². The molecule has 0 saturated carbocycles. The molecule has 0 aliphatic heterocycles. The van der Waals surface area contributed by atoms with Crippen molar-refractivity contribution in [2.45, 2.75) is 4.90 Å². The van der Waals surface area contributed by atoms with Crippen molar-refractivity contribution in [3.63, 3.8) is 0 Å². The second-order valence-electron chi connectivity index (χ2n) is 3.26. The van der Waals surface area contributed by atoms with Gasteiger partial charge in [-0.1, -0.05) is 36.4 Å². The van der Waals surface area contributed by atoms with E-state index in [1.807, 2.05) is 36.4 Å². The van der Waals surface area contributed by atoms with Gasteiger partial charge in [-0.2, -0.15) is 0 Å².